The lowest BCUT2D eigenvalue weighted by Gasteiger charge is -2.56. The van der Waals surface area contributed by atoms with E-state index in [0.29, 0.717) is 5.69 Å². The van der Waals surface area contributed by atoms with Crippen LogP contribution in [0.1, 0.15) is 44.3 Å². The third kappa shape index (κ3) is 3.04. The van der Waals surface area contributed by atoms with Crippen LogP contribution in [-0.2, 0) is 6.18 Å². The average Bonchev–Trinajstić information content (AvgIpc) is 2.96. The molecule has 1 aromatic carbocycles. The number of halogens is 3. The zero-order valence-electron chi connectivity index (χ0n) is 14.7. The van der Waals surface area contributed by atoms with Crippen molar-refractivity contribution >= 4 is 22.8 Å². The summed E-state index contributed by atoms with van der Waals surface area (Å²) in [5.74, 6) is 1.13. The van der Waals surface area contributed by atoms with Gasteiger partial charge in [-0.05, 0) is 74.5 Å². The van der Waals surface area contributed by atoms with E-state index in [4.69, 9.17) is 0 Å². The smallest absolute Gasteiger partial charge is 0.334 e. The number of imidazole rings is 1. The van der Waals surface area contributed by atoms with Crippen molar-refractivity contribution in [1.29, 1.82) is 0 Å². The van der Waals surface area contributed by atoms with Gasteiger partial charge in [-0.2, -0.15) is 13.2 Å². The van der Waals surface area contributed by atoms with Crippen LogP contribution < -0.4 is 10.6 Å². The molecule has 4 saturated carbocycles. The summed E-state index contributed by atoms with van der Waals surface area (Å²) >= 11 is 0. The minimum atomic E-state index is -4.53. The maximum atomic E-state index is 12.8. The molecule has 8 heteroatoms. The Hall–Kier alpha value is -2.25. The molecule has 2 amide bonds. The first-order valence-corrected chi connectivity index (χ1v) is 9.44. The van der Waals surface area contributed by atoms with Gasteiger partial charge in [-0.3, -0.25) is 0 Å². The van der Waals surface area contributed by atoms with E-state index >= 15 is 0 Å². The summed E-state index contributed by atoms with van der Waals surface area (Å²) in [6.45, 7) is 0. The number of benzene rings is 1. The quantitative estimate of drug-likeness (QED) is 0.711. The summed E-state index contributed by atoms with van der Waals surface area (Å²) in [5.41, 5.74) is 0.798. The molecule has 0 saturated heterocycles. The molecule has 4 bridgehead atoms. The number of anilines is 1. The molecule has 1 aromatic heterocycles. The number of nitrogens with one attached hydrogen (secondary N) is 3. The molecule has 0 spiro atoms. The van der Waals surface area contributed by atoms with Gasteiger partial charge in [0.05, 0.1) is 11.0 Å². The molecule has 4 fully saturated rings. The number of carbonyl (C=O) groups is 1. The fourth-order valence-electron chi connectivity index (χ4n) is 5.89. The predicted molar refractivity (Wildman–Crippen MR) is 94.2 cm³/mol. The third-order valence-electron chi connectivity index (χ3n) is 6.43. The Kier molecular flexibility index (Phi) is 3.52. The zero-order chi connectivity index (χ0) is 18.8. The van der Waals surface area contributed by atoms with Gasteiger partial charge in [0.25, 0.3) is 0 Å². The molecule has 2 aromatic rings. The van der Waals surface area contributed by atoms with Gasteiger partial charge >= 0.3 is 12.2 Å². The van der Waals surface area contributed by atoms with Crippen molar-refractivity contribution in [3.05, 3.63) is 24.0 Å². The van der Waals surface area contributed by atoms with Gasteiger partial charge in [-0.15, -0.1) is 0 Å². The summed E-state index contributed by atoms with van der Waals surface area (Å²) in [6.07, 6.45) is 2.48. The maximum Gasteiger partial charge on any atom is 0.449 e. The van der Waals surface area contributed by atoms with Crippen LogP contribution in [0.15, 0.2) is 18.2 Å². The second kappa shape index (κ2) is 5.62. The van der Waals surface area contributed by atoms with Crippen molar-refractivity contribution in [3.63, 3.8) is 0 Å². The van der Waals surface area contributed by atoms with E-state index < -0.39 is 12.0 Å². The molecule has 144 valence electrons. The zero-order valence-corrected chi connectivity index (χ0v) is 14.7. The van der Waals surface area contributed by atoms with Gasteiger partial charge in [-0.25, -0.2) is 9.78 Å². The highest BCUT2D eigenvalue weighted by Gasteiger charge is 2.51. The Labute approximate surface area is 154 Å². The number of aromatic amines is 1. The van der Waals surface area contributed by atoms with Crippen molar-refractivity contribution in [2.45, 2.75) is 50.2 Å². The number of H-pyrrole nitrogens is 1. The predicted octanol–water partition coefficient (Wildman–Crippen LogP) is 4.67. The fourth-order valence-corrected chi connectivity index (χ4v) is 5.89. The van der Waals surface area contributed by atoms with Crippen molar-refractivity contribution in [2.75, 3.05) is 5.32 Å². The van der Waals surface area contributed by atoms with Crippen molar-refractivity contribution in [1.82, 2.24) is 15.3 Å². The van der Waals surface area contributed by atoms with Gasteiger partial charge in [0.2, 0.25) is 5.82 Å². The number of nitrogens with zero attached hydrogens (tertiary/aromatic N) is 1. The monoisotopic (exact) mass is 378 g/mol. The molecule has 0 radical (unpaired) electrons. The van der Waals surface area contributed by atoms with Gasteiger partial charge in [0.15, 0.2) is 0 Å². The Bertz CT molecular complexity index is 869. The van der Waals surface area contributed by atoms with Gasteiger partial charge in [0.1, 0.15) is 0 Å². The van der Waals surface area contributed by atoms with Crippen molar-refractivity contribution < 1.29 is 18.0 Å². The highest BCUT2D eigenvalue weighted by Crippen LogP contribution is 2.55. The van der Waals surface area contributed by atoms with Crippen LogP contribution in [0.3, 0.4) is 0 Å². The molecule has 4 aliphatic carbocycles. The van der Waals surface area contributed by atoms with E-state index in [2.05, 4.69) is 20.6 Å². The number of urea groups is 1. The number of hydrogen-bond donors (Lipinski definition) is 3. The molecule has 0 atom stereocenters. The largest absolute Gasteiger partial charge is 0.449 e. The lowest BCUT2D eigenvalue weighted by atomic mass is 9.53. The van der Waals surface area contributed by atoms with Crippen LogP contribution in [0.2, 0.25) is 0 Å². The summed E-state index contributed by atoms with van der Waals surface area (Å²) in [4.78, 5) is 18.4. The second-order valence-corrected chi connectivity index (χ2v) is 8.59. The first-order chi connectivity index (χ1) is 12.8. The Morgan fingerprint density at radius 1 is 1.11 bits per heavy atom. The fraction of sp³-hybridized carbons (Fsp3) is 0.579. The van der Waals surface area contributed by atoms with E-state index in [9.17, 15) is 18.0 Å². The third-order valence-corrected chi connectivity index (χ3v) is 6.43. The molecule has 27 heavy (non-hydrogen) atoms. The standard InChI is InChI=1S/C19H21F3N4O/c20-19(21,22)16-24-14-2-1-13(6-15(14)25-16)23-17(27)26-18-7-10-3-11(8-18)5-12(4-10)9-18/h1-2,6,10-12H,3-5,7-9H2,(H,24,25)(H2,23,26,27). The molecule has 3 N–H and O–H groups in total. The van der Waals surface area contributed by atoms with Crippen molar-refractivity contribution in [3.8, 4) is 0 Å². The van der Waals surface area contributed by atoms with Gasteiger partial charge in [0, 0.05) is 11.2 Å². The number of aromatic nitrogens is 2. The highest BCUT2D eigenvalue weighted by atomic mass is 19.4. The van der Waals surface area contributed by atoms with Crippen LogP contribution in [-0.4, -0.2) is 21.5 Å². The molecule has 5 nitrogen and oxygen atoms in total. The minimum Gasteiger partial charge on any atom is -0.334 e. The van der Waals surface area contributed by atoms with E-state index in [-0.39, 0.29) is 22.6 Å². The first kappa shape index (κ1) is 16.9. The molecule has 4 aliphatic rings. The van der Waals surface area contributed by atoms with Crippen LogP contribution >= 0.6 is 0 Å². The number of rotatable bonds is 2. The van der Waals surface area contributed by atoms with Gasteiger partial charge < -0.3 is 15.6 Å². The Morgan fingerprint density at radius 2 is 1.74 bits per heavy atom. The summed E-state index contributed by atoms with van der Waals surface area (Å²) in [7, 11) is 0. The van der Waals surface area contributed by atoms with E-state index in [1.807, 2.05) is 0 Å². The topological polar surface area (TPSA) is 69.8 Å². The van der Waals surface area contributed by atoms with Gasteiger partial charge in [-0.1, -0.05) is 0 Å². The van der Waals surface area contributed by atoms with Crippen LogP contribution in [0.4, 0.5) is 23.7 Å². The highest BCUT2D eigenvalue weighted by molar-refractivity contribution is 5.92. The number of carbonyl (C=O) groups excluding carboxylic acids is 1. The van der Waals surface area contributed by atoms with E-state index in [1.165, 1.54) is 31.4 Å². The average molecular weight is 378 g/mol. The first-order valence-electron chi connectivity index (χ1n) is 9.44. The van der Waals surface area contributed by atoms with Crippen LogP contribution in [0, 0.1) is 17.8 Å². The minimum absolute atomic E-state index is 0.111. The molecule has 6 rings (SSSR count). The normalized spacial score (nSPS) is 32.0. The summed E-state index contributed by atoms with van der Waals surface area (Å²) in [5, 5.41) is 5.97. The van der Waals surface area contributed by atoms with Crippen LogP contribution in [0.25, 0.3) is 11.0 Å². The molecule has 0 aliphatic heterocycles. The van der Waals surface area contributed by atoms with E-state index in [1.54, 1.807) is 6.07 Å². The maximum absolute atomic E-state index is 12.8. The lowest BCUT2D eigenvalue weighted by Crippen LogP contribution is -2.60. The van der Waals surface area contributed by atoms with Crippen LogP contribution in [0.5, 0.6) is 0 Å². The van der Waals surface area contributed by atoms with Crippen molar-refractivity contribution in [2.24, 2.45) is 17.8 Å². The molecule has 1 heterocycles. The Morgan fingerprint density at radius 3 is 2.33 bits per heavy atom. The molecular weight excluding hydrogens is 357 g/mol. The van der Waals surface area contributed by atoms with E-state index in [0.717, 1.165) is 37.0 Å². The number of amides is 2. The molecular formula is C19H21F3N4O. The second-order valence-electron chi connectivity index (χ2n) is 8.59. The summed E-state index contributed by atoms with van der Waals surface area (Å²) < 4.78 is 38.3. The number of hydrogen-bond acceptors (Lipinski definition) is 2. The molecule has 0 unspecified atom stereocenters. The number of alkyl halides is 3. The summed E-state index contributed by atoms with van der Waals surface area (Å²) in [6, 6.07) is 4.24. The number of fused-ring (bicyclic) bond motifs is 1. The SMILES string of the molecule is O=C(Nc1ccc2nc(C(F)(F)F)[nH]c2c1)NC12CC3CC(CC(C3)C1)C2. The lowest BCUT2D eigenvalue weighted by molar-refractivity contribution is -0.144. The Balaban J connectivity index is 1.31.